The van der Waals surface area contributed by atoms with Crippen LogP contribution in [-0.4, -0.2) is 38.6 Å². The van der Waals surface area contributed by atoms with Gasteiger partial charge in [0.2, 0.25) is 5.91 Å². The van der Waals surface area contributed by atoms with Crippen molar-refractivity contribution in [1.82, 2.24) is 20.3 Å². The summed E-state index contributed by atoms with van der Waals surface area (Å²) in [6.45, 7) is -0.326. The van der Waals surface area contributed by atoms with Gasteiger partial charge in [-0.3, -0.25) is 4.79 Å². The molecular formula is C16H13N5O3S. The minimum Gasteiger partial charge on any atom is -0.465 e. The summed E-state index contributed by atoms with van der Waals surface area (Å²) in [7, 11) is 0. The minimum atomic E-state index is -1.25. The fourth-order valence-corrected chi connectivity index (χ4v) is 2.82. The Balaban J connectivity index is 1.74. The van der Waals surface area contributed by atoms with Crippen molar-refractivity contribution in [2.75, 3.05) is 11.9 Å². The van der Waals surface area contributed by atoms with Gasteiger partial charge in [0.05, 0.1) is 11.4 Å². The van der Waals surface area contributed by atoms with Gasteiger partial charge in [0.25, 0.3) is 0 Å². The molecule has 0 aliphatic carbocycles. The predicted molar refractivity (Wildman–Crippen MR) is 93.2 cm³/mol. The number of aromatic nitrogens is 3. The van der Waals surface area contributed by atoms with E-state index in [0.29, 0.717) is 10.8 Å². The number of benzene rings is 1. The number of thiazole rings is 1. The Morgan fingerprint density at radius 1 is 1.16 bits per heavy atom. The molecule has 9 heteroatoms. The van der Waals surface area contributed by atoms with Gasteiger partial charge in [-0.2, -0.15) is 0 Å². The lowest BCUT2D eigenvalue weighted by Crippen LogP contribution is -2.31. The Morgan fingerprint density at radius 3 is 2.68 bits per heavy atom. The Bertz CT molecular complexity index is 898. The number of anilines is 1. The molecule has 25 heavy (non-hydrogen) atoms. The van der Waals surface area contributed by atoms with E-state index in [1.807, 2.05) is 41.0 Å². The third-order valence-electron chi connectivity index (χ3n) is 3.19. The largest absolute Gasteiger partial charge is 0.465 e. The van der Waals surface area contributed by atoms with Crippen LogP contribution < -0.4 is 10.6 Å². The fourth-order valence-electron chi connectivity index (χ4n) is 2.08. The molecule has 3 N–H and O–H groups in total. The summed E-state index contributed by atoms with van der Waals surface area (Å²) in [6.07, 6.45) is 1.91. The van der Waals surface area contributed by atoms with Crippen molar-refractivity contribution in [2.45, 2.75) is 0 Å². The monoisotopic (exact) mass is 355 g/mol. The highest BCUT2D eigenvalue weighted by molar-refractivity contribution is 7.14. The van der Waals surface area contributed by atoms with Crippen LogP contribution in [0.25, 0.3) is 22.5 Å². The van der Waals surface area contributed by atoms with E-state index in [1.165, 1.54) is 17.7 Å². The molecule has 2 aromatic heterocycles. The van der Waals surface area contributed by atoms with Gasteiger partial charge in [-0.15, -0.1) is 11.3 Å². The quantitative estimate of drug-likeness (QED) is 0.647. The molecule has 3 rings (SSSR count). The standard InChI is InChI=1S/C16H13N5O3S/c22-14(7-18-16(23)24)21-15-20-13(8-25-15)11-3-1-2-10(6-11)12-4-5-17-9-19-12/h1-6,8-9,18H,7H2,(H,23,24)(H,20,21,22). The Morgan fingerprint density at radius 2 is 1.96 bits per heavy atom. The first-order valence-electron chi connectivity index (χ1n) is 7.21. The number of carbonyl (C=O) groups excluding carboxylic acids is 1. The molecule has 0 spiro atoms. The van der Waals surface area contributed by atoms with Gasteiger partial charge in [0, 0.05) is 22.7 Å². The maximum Gasteiger partial charge on any atom is 0.405 e. The van der Waals surface area contributed by atoms with Gasteiger partial charge in [-0.1, -0.05) is 18.2 Å². The van der Waals surface area contributed by atoms with Crippen LogP contribution in [0.4, 0.5) is 9.93 Å². The van der Waals surface area contributed by atoms with Crippen molar-refractivity contribution >= 4 is 28.5 Å². The SMILES string of the molecule is O=C(O)NCC(=O)Nc1nc(-c2cccc(-c3ccncn3)c2)cs1. The van der Waals surface area contributed by atoms with Crippen molar-refractivity contribution in [2.24, 2.45) is 0 Å². The molecule has 0 saturated heterocycles. The molecule has 1 aromatic carbocycles. The van der Waals surface area contributed by atoms with Crippen molar-refractivity contribution in [3.05, 3.63) is 48.2 Å². The molecule has 0 radical (unpaired) electrons. The second-order valence-electron chi connectivity index (χ2n) is 4.92. The lowest BCUT2D eigenvalue weighted by atomic mass is 10.1. The summed E-state index contributed by atoms with van der Waals surface area (Å²) < 4.78 is 0. The summed E-state index contributed by atoms with van der Waals surface area (Å²) in [5, 5.41) is 15.3. The molecule has 2 heterocycles. The van der Waals surface area contributed by atoms with Gasteiger partial charge >= 0.3 is 6.09 Å². The topological polar surface area (TPSA) is 117 Å². The zero-order chi connectivity index (χ0) is 17.6. The van der Waals surface area contributed by atoms with Crippen molar-refractivity contribution < 1.29 is 14.7 Å². The predicted octanol–water partition coefficient (Wildman–Crippen LogP) is 2.47. The van der Waals surface area contributed by atoms with E-state index in [2.05, 4.69) is 20.3 Å². The Labute approximate surface area is 146 Å². The maximum absolute atomic E-state index is 11.6. The van der Waals surface area contributed by atoms with E-state index in [9.17, 15) is 9.59 Å². The summed E-state index contributed by atoms with van der Waals surface area (Å²) in [4.78, 5) is 34.5. The third kappa shape index (κ3) is 4.36. The summed E-state index contributed by atoms with van der Waals surface area (Å²) >= 11 is 1.26. The van der Waals surface area contributed by atoms with Crippen LogP contribution in [0.1, 0.15) is 0 Å². The van der Waals surface area contributed by atoms with E-state index in [-0.39, 0.29) is 6.54 Å². The smallest absolute Gasteiger partial charge is 0.405 e. The molecule has 0 fully saturated rings. The molecular weight excluding hydrogens is 342 g/mol. The number of carboxylic acid groups (broad SMARTS) is 1. The normalized spacial score (nSPS) is 10.2. The maximum atomic E-state index is 11.6. The molecule has 0 aliphatic heterocycles. The third-order valence-corrected chi connectivity index (χ3v) is 3.94. The van der Waals surface area contributed by atoms with Gasteiger partial charge in [-0.25, -0.2) is 19.7 Å². The summed E-state index contributed by atoms with van der Waals surface area (Å²) in [5.41, 5.74) is 3.34. The first-order valence-corrected chi connectivity index (χ1v) is 8.09. The van der Waals surface area contributed by atoms with Crippen molar-refractivity contribution in [3.63, 3.8) is 0 Å². The summed E-state index contributed by atoms with van der Waals surface area (Å²) in [5.74, 6) is -0.474. The molecule has 126 valence electrons. The van der Waals surface area contributed by atoms with Crippen LogP contribution in [-0.2, 0) is 4.79 Å². The highest BCUT2D eigenvalue weighted by atomic mass is 32.1. The number of nitrogens with zero attached hydrogens (tertiary/aromatic N) is 3. The van der Waals surface area contributed by atoms with Crippen LogP contribution in [0, 0.1) is 0 Å². The number of hydrogen-bond donors (Lipinski definition) is 3. The molecule has 0 saturated carbocycles. The Hall–Kier alpha value is -3.33. The molecule has 0 atom stereocenters. The second-order valence-corrected chi connectivity index (χ2v) is 5.78. The van der Waals surface area contributed by atoms with Crippen LogP contribution in [0.3, 0.4) is 0 Å². The van der Waals surface area contributed by atoms with Crippen molar-refractivity contribution in [1.29, 1.82) is 0 Å². The lowest BCUT2D eigenvalue weighted by Gasteiger charge is -2.03. The fraction of sp³-hybridized carbons (Fsp3) is 0.0625. The molecule has 0 aliphatic rings. The zero-order valence-electron chi connectivity index (χ0n) is 12.8. The van der Waals surface area contributed by atoms with Crippen LogP contribution in [0.2, 0.25) is 0 Å². The molecule has 2 amide bonds. The number of amides is 2. The van der Waals surface area contributed by atoms with E-state index in [0.717, 1.165) is 16.8 Å². The van der Waals surface area contributed by atoms with Gasteiger partial charge in [0.1, 0.15) is 12.9 Å². The molecule has 8 nitrogen and oxygen atoms in total. The van der Waals surface area contributed by atoms with E-state index in [1.54, 1.807) is 6.20 Å². The van der Waals surface area contributed by atoms with Gasteiger partial charge in [-0.05, 0) is 12.1 Å². The van der Waals surface area contributed by atoms with E-state index in [4.69, 9.17) is 5.11 Å². The summed E-state index contributed by atoms with van der Waals surface area (Å²) in [6, 6.07) is 9.53. The highest BCUT2D eigenvalue weighted by Gasteiger charge is 2.10. The molecule has 3 aromatic rings. The van der Waals surface area contributed by atoms with E-state index < -0.39 is 12.0 Å². The van der Waals surface area contributed by atoms with Crippen LogP contribution in [0.5, 0.6) is 0 Å². The first-order chi connectivity index (χ1) is 12.1. The zero-order valence-corrected chi connectivity index (χ0v) is 13.7. The average Bonchev–Trinajstić information content (AvgIpc) is 3.09. The average molecular weight is 355 g/mol. The van der Waals surface area contributed by atoms with Crippen molar-refractivity contribution in [3.8, 4) is 22.5 Å². The lowest BCUT2D eigenvalue weighted by molar-refractivity contribution is -0.115. The Kier molecular flexibility index (Phi) is 4.95. The van der Waals surface area contributed by atoms with Gasteiger partial charge < -0.3 is 15.7 Å². The van der Waals surface area contributed by atoms with Crippen LogP contribution in [0.15, 0.2) is 48.2 Å². The van der Waals surface area contributed by atoms with Crippen LogP contribution >= 0.6 is 11.3 Å². The number of carbonyl (C=O) groups is 2. The highest BCUT2D eigenvalue weighted by Crippen LogP contribution is 2.28. The minimum absolute atomic E-state index is 0.326. The first kappa shape index (κ1) is 16.5. The second kappa shape index (κ2) is 7.49. The number of hydrogen-bond acceptors (Lipinski definition) is 6. The number of nitrogens with one attached hydrogen (secondary N) is 2. The molecule has 0 unspecified atom stereocenters. The molecule has 0 bridgehead atoms. The van der Waals surface area contributed by atoms with E-state index >= 15 is 0 Å². The van der Waals surface area contributed by atoms with Gasteiger partial charge in [0.15, 0.2) is 5.13 Å². The number of rotatable bonds is 5.